The Kier molecular flexibility index (Phi) is 31.9. The Labute approximate surface area is 407 Å². The van der Waals surface area contributed by atoms with Crippen molar-refractivity contribution in [2.75, 3.05) is 13.2 Å². The maximum Gasteiger partial charge on any atom is 0.472 e. The molecule has 13 atom stereocenters. The van der Waals surface area contributed by atoms with Crippen molar-refractivity contribution in [2.24, 2.45) is 5.92 Å². The number of unbranched alkanes of at least 4 members (excludes halogenated alkanes) is 10. The molecule has 0 aromatic heterocycles. The number of phosphoric ester groups is 2. The Hall–Kier alpha value is -2.20. The Morgan fingerprint density at radius 1 is 0.870 bits per heavy atom. The van der Waals surface area contributed by atoms with E-state index in [0.717, 1.165) is 69.9 Å². The van der Waals surface area contributed by atoms with Crippen LogP contribution < -0.4 is 0 Å². The molecule has 10 N–H and O–H groups in total. The van der Waals surface area contributed by atoms with Gasteiger partial charge in [0.2, 0.25) is 0 Å². The van der Waals surface area contributed by atoms with Crippen molar-refractivity contribution in [1.29, 1.82) is 0 Å². The predicted molar refractivity (Wildman–Crippen MR) is 254 cm³/mol. The first-order chi connectivity index (χ1) is 32.8. The molecule has 0 saturated carbocycles. The third kappa shape index (κ3) is 27.4. The Morgan fingerprint density at radius 2 is 1.52 bits per heavy atom. The lowest BCUT2D eigenvalue weighted by molar-refractivity contribution is -0.210. The largest absolute Gasteiger partial charge is 0.472 e. The molecular formula is C47H82O20P2. The smallest absolute Gasteiger partial charge is 0.462 e. The van der Waals surface area contributed by atoms with Crippen molar-refractivity contribution in [3.8, 4) is 0 Å². The molecule has 2 heterocycles. The molecule has 2 unspecified atom stereocenters. The molecule has 22 heteroatoms. The van der Waals surface area contributed by atoms with Gasteiger partial charge in [-0.2, -0.15) is 0 Å². The zero-order chi connectivity index (χ0) is 51.2. The minimum Gasteiger partial charge on any atom is -0.462 e. The van der Waals surface area contributed by atoms with Gasteiger partial charge in [-0.15, -0.1) is 0 Å². The molecule has 0 radical (unpaired) electrons. The molecule has 0 amide bonds. The van der Waals surface area contributed by atoms with Crippen molar-refractivity contribution in [3.05, 3.63) is 48.6 Å². The van der Waals surface area contributed by atoms with Crippen molar-refractivity contribution in [1.82, 2.24) is 0 Å². The number of cyclic esters (lactones) is 1. The number of hydrogen-bond donors (Lipinski definition) is 10. The third-order valence-electron chi connectivity index (χ3n) is 11.7. The second-order valence-corrected chi connectivity index (χ2v) is 20.3. The van der Waals surface area contributed by atoms with E-state index in [1.165, 1.54) is 25.3 Å². The zero-order valence-electron chi connectivity index (χ0n) is 40.3. The number of aliphatic hydroxyl groups excluding tert-OH is 7. The van der Waals surface area contributed by atoms with Gasteiger partial charge in [-0.25, -0.2) is 9.13 Å². The van der Waals surface area contributed by atoms with E-state index in [1.807, 2.05) is 6.92 Å². The Morgan fingerprint density at radius 3 is 2.20 bits per heavy atom. The number of phosphoric acid groups is 2. The maximum atomic E-state index is 13.7. The fourth-order valence-electron chi connectivity index (χ4n) is 7.74. The van der Waals surface area contributed by atoms with Crippen LogP contribution in [0.5, 0.6) is 0 Å². The molecule has 1 saturated heterocycles. The van der Waals surface area contributed by atoms with Crippen LogP contribution >= 0.6 is 15.6 Å². The van der Waals surface area contributed by atoms with Gasteiger partial charge in [0, 0.05) is 25.2 Å². The number of carbonyl (C=O) groups excluding carboxylic acids is 2. The summed E-state index contributed by atoms with van der Waals surface area (Å²) in [6.07, 6.45) is 3.07. The molecule has 2 aliphatic heterocycles. The number of aliphatic hydroxyl groups is 7. The van der Waals surface area contributed by atoms with Crippen molar-refractivity contribution in [2.45, 2.75) is 216 Å². The minimum atomic E-state index is -5.80. The fraction of sp³-hybridized carbons (Fsp3) is 0.787. The van der Waals surface area contributed by atoms with E-state index < -0.39 is 120 Å². The molecule has 1 fully saturated rings. The summed E-state index contributed by atoms with van der Waals surface area (Å²) in [6.45, 7) is 2.49. The molecule has 0 aliphatic carbocycles. The quantitative estimate of drug-likeness (QED) is 0.0251. The standard InChI is InChI=1S/C47H82O20P2/c1-3-5-7-8-9-10-11-12-13-14-15-16-17-18-23-27-39(50)62-32-35-33-63-69(60,61)67-47-45(56)44(55)42(53)36(26-22-19-20-24-28-40(51)64-35)37(49)31-41(52)65-38(30-29-34(48)25-21-6-4-2)43(54)46(47)66-68(57,58)59/h9-10,12-13,19,22,29-30,34-38,41-49,52-56H,3-8,11,14-18,20-21,23-28,31-33H2,1-2H3,(H,60,61)(H2,57,58,59)/b10-9-,13-12-,22-19-,30-29?/t34-,35+,36-,37-,38+,41?,42+,43+,44-,45+,46+,47-/m0/s1. The van der Waals surface area contributed by atoms with Gasteiger partial charge >= 0.3 is 27.6 Å². The van der Waals surface area contributed by atoms with Crippen molar-refractivity contribution >= 4 is 27.6 Å². The van der Waals surface area contributed by atoms with Crippen molar-refractivity contribution in [3.63, 3.8) is 0 Å². The van der Waals surface area contributed by atoms with Crippen LogP contribution in [0.4, 0.5) is 0 Å². The van der Waals surface area contributed by atoms with E-state index in [4.69, 9.17) is 27.8 Å². The van der Waals surface area contributed by atoms with E-state index in [-0.39, 0.29) is 38.5 Å². The molecule has 0 spiro atoms. The normalized spacial score (nSPS) is 31.8. The molecule has 2 bridgehead atoms. The van der Waals surface area contributed by atoms with Gasteiger partial charge in [-0.05, 0) is 64.2 Å². The Balaban J connectivity index is 2.33. The summed E-state index contributed by atoms with van der Waals surface area (Å²) in [6, 6.07) is 0. The van der Waals surface area contributed by atoms with E-state index >= 15 is 0 Å². The monoisotopic (exact) mass is 1030 g/mol. The van der Waals surface area contributed by atoms with E-state index in [9.17, 15) is 69.1 Å². The molecule has 0 aromatic rings. The van der Waals surface area contributed by atoms with Gasteiger partial charge in [0.25, 0.3) is 0 Å². The first-order valence-electron chi connectivity index (χ1n) is 24.6. The van der Waals surface area contributed by atoms with E-state index in [0.29, 0.717) is 12.8 Å². The van der Waals surface area contributed by atoms with Gasteiger partial charge in [0.1, 0.15) is 43.2 Å². The second-order valence-electron chi connectivity index (χ2n) is 17.7. The lowest BCUT2D eigenvalue weighted by Gasteiger charge is -2.41. The number of carbonyl (C=O) groups is 2. The molecule has 400 valence electrons. The van der Waals surface area contributed by atoms with Gasteiger partial charge in [0.05, 0.1) is 24.9 Å². The zero-order valence-corrected chi connectivity index (χ0v) is 42.0. The summed E-state index contributed by atoms with van der Waals surface area (Å²) in [5, 5.41) is 78.9. The van der Waals surface area contributed by atoms with Gasteiger partial charge in [-0.1, -0.05) is 114 Å². The highest BCUT2D eigenvalue weighted by molar-refractivity contribution is 7.47. The molecule has 0 aromatic carbocycles. The molecule has 69 heavy (non-hydrogen) atoms. The SMILES string of the molecule is CCCCC/C=C\C/C=C\CCCCCCCC(=O)OC[C@@H]1COP(=O)(O)O[C@H]2[C@H](O)[C@@H](O)[C@H](O)[C@@H](C/C=C\CCCC(=O)O1)[C@@H](O)CC(O)O[C@H](C=C[C@@H](O)CCCCC)[C@@H](O)[C@H]2OP(=O)(O)O. The van der Waals surface area contributed by atoms with Crippen LogP contribution in [-0.2, 0) is 46.5 Å². The summed E-state index contributed by atoms with van der Waals surface area (Å²) >= 11 is 0. The van der Waals surface area contributed by atoms with Crippen LogP contribution in [0.15, 0.2) is 48.6 Å². The van der Waals surface area contributed by atoms with Crippen LogP contribution in [0.2, 0.25) is 0 Å². The molecule has 2 rings (SSSR count). The van der Waals surface area contributed by atoms with Crippen LogP contribution in [0.25, 0.3) is 0 Å². The summed E-state index contributed by atoms with van der Waals surface area (Å²) < 4.78 is 57.7. The number of fused-ring (bicyclic) bond motifs is 4. The summed E-state index contributed by atoms with van der Waals surface area (Å²) in [5.74, 6) is -2.88. The number of allylic oxidation sites excluding steroid dienone is 6. The lowest BCUT2D eigenvalue weighted by atomic mass is 9.83. The first-order valence-corrected chi connectivity index (χ1v) is 27.6. The van der Waals surface area contributed by atoms with Crippen LogP contribution in [0.3, 0.4) is 0 Å². The summed E-state index contributed by atoms with van der Waals surface area (Å²) in [5.41, 5.74) is 0. The first kappa shape index (κ1) is 62.9. The highest BCUT2D eigenvalue weighted by Gasteiger charge is 2.50. The number of rotatable bonds is 24. The number of hydrogen-bond acceptors (Lipinski definition) is 17. The second kappa shape index (κ2) is 35.0. The average Bonchev–Trinajstić information content (AvgIpc) is 3.29. The van der Waals surface area contributed by atoms with E-state index in [1.54, 1.807) is 6.08 Å². The fourth-order valence-corrected chi connectivity index (χ4v) is 9.27. The van der Waals surface area contributed by atoms with Crippen LogP contribution in [0.1, 0.15) is 149 Å². The number of ether oxygens (including phenoxy) is 3. The maximum absolute atomic E-state index is 13.7. The highest BCUT2D eigenvalue weighted by atomic mass is 31.2. The van der Waals surface area contributed by atoms with Gasteiger partial charge in [-0.3, -0.25) is 23.2 Å². The summed E-state index contributed by atoms with van der Waals surface area (Å²) in [4.78, 5) is 56.7. The summed E-state index contributed by atoms with van der Waals surface area (Å²) in [7, 11) is -11.5. The van der Waals surface area contributed by atoms with Crippen LogP contribution in [0, 0.1) is 5.92 Å². The van der Waals surface area contributed by atoms with Gasteiger partial charge in [0.15, 0.2) is 12.4 Å². The van der Waals surface area contributed by atoms with Crippen molar-refractivity contribution < 1.29 is 96.9 Å². The average molecular weight is 1030 g/mol. The highest BCUT2D eigenvalue weighted by Crippen LogP contribution is 2.49. The van der Waals surface area contributed by atoms with Gasteiger partial charge < -0.3 is 64.6 Å². The van der Waals surface area contributed by atoms with E-state index in [2.05, 4.69) is 31.2 Å². The molecule has 2 aliphatic rings. The third-order valence-corrected chi connectivity index (χ3v) is 13.2. The molecule has 20 nitrogen and oxygen atoms in total. The number of esters is 2. The minimum absolute atomic E-state index is 0.0314. The Bertz CT molecular complexity index is 1640. The predicted octanol–water partition coefficient (Wildman–Crippen LogP) is 5.39. The topological polar surface area (TPSA) is 326 Å². The van der Waals surface area contributed by atoms with Crippen LogP contribution in [-0.4, -0.2) is 143 Å². The lowest BCUT2D eigenvalue weighted by Crippen LogP contribution is -2.58. The molecular weight excluding hydrogens is 946 g/mol.